The van der Waals surface area contributed by atoms with Gasteiger partial charge in [0.2, 0.25) is 0 Å². The lowest BCUT2D eigenvalue weighted by Gasteiger charge is -2.07. The van der Waals surface area contributed by atoms with E-state index in [9.17, 15) is 18.0 Å². The number of furan rings is 1. The van der Waals surface area contributed by atoms with Gasteiger partial charge in [-0.2, -0.15) is 13.2 Å². The van der Waals surface area contributed by atoms with Crippen molar-refractivity contribution in [3.8, 4) is 0 Å². The quantitative estimate of drug-likeness (QED) is 0.787. The van der Waals surface area contributed by atoms with Gasteiger partial charge in [-0.25, -0.2) is 0 Å². The van der Waals surface area contributed by atoms with Crippen molar-refractivity contribution in [1.29, 1.82) is 0 Å². The van der Waals surface area contributed by atoms with Gasteiger partial charge in [0.1, 0.15) is 12.0 Å². The second-order valence-corrected chi connectivity index (χ2v) is 4.24. The number of Topliss-reactive ketones (excluding diaryl/α,β-unsaturated/α-hetero) is 1. The van der Waals surface area contributed by atoms with Crippen molar-refractivity contribution in [3.63, 3.8) is 0 Å². The zero-order chi connectivity index (χ0) is 14.0. The van der Waals surface area contributed by atoms with Crippen molar-refractivity contribution in [2.24, 2.45) is 0 Å². The van der Waals surface area contributed by atoms with Crippen LogP contribution in [0.1, 0.15) is 27.2 Å². The highest BCUT2D eigenvalue weighted by atomic mass is 19.4. The molecule has 0 saturated carbocycles. The number of carbonyl (C=O) groups is 1. The molecule has 0 radical (unpaired) electrons. The fraction of sp³-hybridized carbons (Fsp3) is 0.214. The van der Waals surface area contributed by atoms with Crippen molar-refractivity contribution in [1.82, 2.24) is 0 Å². The summed E-state index contributed by atoms with van der Waals surface area (Å²) in [5.74, 6) is 0.323. The standard InChI is InChI=1S/C14H11F3O2/c1-9-5-11(8-19-9)13(18)7-10-3-2-4-12(6-10)14(15,16)17/h2-6,8H,7H2,1H3. The van der Waals surface area contributed by atoms with E-state index >= 15 is 0 Å². The van der Waals surface area contributed by atoms with Gasteiger partial charge in [0.15, 0.2) is 5.78 Å². The van der Waals surface area contributed by atoms with E-state index in [4.69, 9.17) is 4.42 Å². The summed E-state index contributed by atoms with van der Waals surface area (Å²) in [7, 11) is 0. The van der Waals surface area contributed by atoms with Gasteiger partial charge in [-0.1, -0.05) is 18.2 Å². The van der Waals surface area contributed by atoms with Crippen LogP contribution in [0.4, 0.5) is 13.2 Å². The Hall–Kier alpha value is -2.04. The first-order chi connectivity index (χ1) is 8.86. The molecule has 0 atom stereocenters. The van der Waals surface area contributed by atoms with Crippen LogP contribution >= 0.6 is 0 Å². The fourth-order valence-corrected chi connectivity index (χ4v) is 1.73. The van der Waals surface area contributed by atoms with Crippen molar-refractivity contribution >= 4 is 5.78 Å². The van der Waals surface area contributed by atoms with Crippen molar-refractivity contribution in [3.05, 3.63) is 59.0 Å². The smallest absolute Gasteiger partial charge is 0.416 e. The molecule has 0 aliphatic heterocycles. The van der Waals surface area contributed by atoms with Gasteiger partial charge in [0.05, 0.1) is 11.1 Å². The molecular weight excluding hydrogens is 257 g/mol. The topological polar surface area (TPSA) is 30.2 Å². The number of aryl methyl sites for hydroxylation is 1. The molecule has 0 spiro atoms. The van der Waals surface area contributed by atoms with E-state index < -0.39 is 11.7 Å². The number of benzene rings is 1. The van der Waals surface area contributed by atoms with E-state index in [1.165, 1.54) is 18.4 Å². The van der Waals surface area contributed by atoms with E-state index in [0.29, 0.717) is 16.9 Å². The van der Waals surface area contributed by atoms with Gasteiger partial charge in [-0.3, -0.25) is 4.79 Å². The molecule has 0 bridgehead atoms. The van der Waals surface area contributed by atoms with E-state index in [1.54, 1.807) is 13.0 Å². The Kier molecular flexibility index (Phi) is 3.46. The first-order valence-electron chi connectivity index (χ1n) is 5.61. The summed E-state index contributed by atoms with van der Waals surface area (Å²) in [6.07, 6.45) is -3.17. The van der Waals surface area contributed by atoms with Gasteiger partial charge in [-0.15, -0.1) is 0 Å². The Balaban J connectivity index is 2.18. The number of rotatable bonds is 3. The summed E-state index contributed by atoms with van der Waals surface area (Å²) in [5, 5.41) is 0. The molecule has 0 N–H and O–H groups in total. The molecule has 19 heavy (non-hydrogen) atoms. The number of hydrogen-bond acceptors (Lipinski definition) is 2. The highest BCUT2D eigenvalue weighted by Crippen LogP contribution is 2.29. The lowest BCUT2D eigenvalue weighted by molar-refractivity contribution is -0.137. The first-order valence-corrected chi connectivity index (χ1v) is 5.61. The summed E-state index contributed by atoms with van der Waals surface area (Å²) in [5.41, 5.74) is -0.0465. The third-order valence-corrected chi connectivity index (χ3v) is 2.67. The number of hydrogen-bond donors (Lipinski definition) is 0. The van der Waals surface area contributed by atoms with Crippen molar-refractivity contribution < 1.29 is 22.4 Å². The van der Waals surface area contributed by atoms with Crippen LogP contribution in [-0.2, 0) is 12.6 Å². The van der Waals surface area contributed by atoms with Gasteiger partial charge < -0.3 is 4.42 Å². The average molecular weight is 268 g/mol. The Labute approximate surface area is 107 Å². The number of ketones is 1. The first kappa shape index (κ1) is 13.4. The summed E-state index contributed by atoms with van der Waals surface area (Å²) in [6.45, 7) is 1.70. The van der Waals surface area contributed by atoms with Gasteiger partial charge >= 0.3 is 6.18 Å². The molecular formula is C14H11F3O2. The van der Waals surface area contributed by atoms with E-state index in [2.05, 4.69) is 0 Å². The zero-order valence-corrected chi connectivity index (χ0v) is 10.1. The highest BCUT2D eigenvalue weighted by Gasteiger charge is 2.30. The molecule has 0 unspecified atom stereocenters. The molecule has 0 saturated heterocycles. The zero-order valence-electron chi connectivity index (χ0n) is 10.1. The third-order valence-electron chi connectivity index (χ3n) is 2.67. The van der Waals surface area contributed by atoms with Gasteiger partial charge in [-0.05, 0) is 24.6 Å². The van der Waals surface area contributed by atoms with E-state index in [0.717, 1.165) is 12.1 Å². The molecule has 2 aromatic rings. The maximum Gasteiger partial charge on any atom is 0.416 e. The molecule has 0 fully saturated rings. The molecule has 2 nitrogen and oxygen atoms in total. The van der Waals surface area contributed by atoms with Crippen LogP contribution in [0.2, 0.25) is 0 Å². The maximum atomic E-state index is 12.5. The predicted molar refractivity (Wildman–Crippen MR) is 62.9 cm³/mol. The SMILES string of the molecule is Cc1cc(C(=O)Cc2cccc(C(F)(F)F)c2)co1. The number of alkyl halides is 3. The van der Waals surface area contributed by atoms with Crippen molar-refractivity contribution in [2.75, 3.05) is 0 Å². The second kappa shape index (κ2) is 4.91. The fourth-order valence-electron chi connectivity index (χ4n) is 1.73. The summed E-state index contributed by atoms with van der Waals surface area (Å²) < 4.78 is 42.6. The van der Waals surface area contributed by atoms with Crippen LogP contribution < -0.4 is 0 Å². The largest absolute Gasteiger partial charge is 0.469 e. The number of carbonyl (C=O) groups excluding carboxylic acids is 1. The van der Waals surface area contributed by atoms with E-state index in [-0.39, 0.29) is 12.2 Å². The minimum atomic E-state index is -4.40. The lowest BCUT2D eigenvalue weighted by Crippen LogP contribution is -2.07. The van der Waals surface area contributed by atoms with Crippen molar-refractivity contribution in [2.45, 2.75) is 19.5 Å². The Bertz CT molecular complexity index is 597. The van der Waals surface area contributed by atoms with Crippen LogP contribution in [0.5, 0.6) is 0 Å². The molecule has 0 aliphatic rings. The second-order valence-electron chi connectivity index (χ2n) is 4.24. The third kappa shape index (κ3) is 3.24. The molecule has 1 heterocycles. The Morgan fingerprint density at radius 1 is 1.26 bits per heavy atom. The molecule has 1 aromatic heterocycles. The predicted octanol–water partition coefficient (Wildman–Crippen LogP) is 4.03. The van der Waals surface area contributed by atoms with Crippen LogP contribution in [0.15, 0.2) is 41.0 Å². The average Bonchev–Trinajstić information content (AvgIpc) is 2.75. The van der Waals surface area contributed by atoms with Crippen LogP contribution in [0.25, 0.3) is 0 Å². The molecule has 5 heteroatoms. The van der Waals surface area contributed by atoms with Crippen LogP contribution in [0, 0.1) is 6.92 Å². The normalized spacial score (nSPS) is 11.6. The number of halogens is 3. The minimum absolute atomic E-state index is 0.0805. The summed E-state index contributed by atoms with van der Waals surface area (Å²) in [4.78, 5) is 11.8. The molecule has 0 aliphatic carbocycles. The van der Waals surface area contributed by atoms with E-state index in [1.807, 2.05) is 0 Å². The molecule has 0 amide bonds. The Morgan fingerprint density at radius 3 is 2.58 bits per heavy atom. The summed E-state index contributed by atoms with van der Waals surface area (Å²) >= 11 is 0. The Morgan fingerprint density at radius 2 is 2.00 bits per heavy atom. The van der Waals surface area contributed by atoms with Gasteiger partial charge in [0, 0.05) is 6.42 Å². The molecule has 2 rings (SSSR count). The molecule has 100 valence electrons. The highest BCUT2D eigenvalue weighted by molar-refractivity contribution is 5.97. The minimum Gasteiger partial charge on any atom is -0.469 e. The lowest BCUT2D eigenvalue weighted by atomic mass is 10.0. The molecule has 1 aromatic carbocycles. The van der Waals surface area contributed by atoms with Crippen LogP contribution in [-0.4, -0.2) is 5.78 Å². The summed E-state index contributed by atoms with van der Waals surface area (Å²) in [6, 6.07) is 6.34. The maximum absolute atomic E-state index is 12.5. The monoisotopic (exact) mass is 268 g/mol. The van der Waals surface area contributed by atoms with Crippen LogP contribution in [0.3, 0.4) is 0 Å². The van der Waals surface area contributed by atoms with Gasteiger partial charge in [0.25, 0.3) is 0 Å².